The monoisotopic (exact) mass is 292 g/mol. The third kappa shape index (κ3) is 3.11. The maximum absolute atomic E-state index is 6.10. The molecule has 1 heterocycles. The van der Waals surface area contributed by atoms with Crippen molar-refractivity contribution in [2.24, 2.45) is 0 Å². The Morgan fingerprint density at radius 2 is 2.00 bits per heavy atom. The molecule has 0 aliphatic rings. The number of hydrogen-bond donors (Lipinski definition) is 2. The second-order valence-corrected chi connectivity index (χ2v) is 4.47. The van der Waals surface area contributed by atoms with Gasteiger partial charge in [-0.1, -0.05) is 30.7 Å². The molecular formula is C14H17ClN4O. The SMILES string of the molecule is CCOc1ccccc1Nc1nc(N)nc(Cl)c1CC. The molecule has 0 bridgehead atoms. The molecule has 106 valence electrons. The van der Waals surface area contributed by atoms with E-state index in [9.17, 15) is 0 Å². The van der Waals surface area contributed by atoms with E-state index in [0.29, 0.717) is 24.0 Å². The lowest BCUT2D eigenvalue weighted by Gasteiger charge is -2.14. The quantitative estimate of drug-likeness (QED) is 0.826. The van der Waals surface area contributed by atoms with Crippen LogP contribution >= 0.6 is 11.6 Å². The van der Waals surface area contributed by atoms with E-state index in [4.69, 9.17) is 22.1 Å². The Morgan fingerprint density at radius 1 is 1.25 bits per heavy atom. The van der Waals surface area contributed by atoms with Gasteiger partial charge in [0.1, 0.15) is 16.7 Å². The van der Waals surface area contributed by atoms with E-state index in [1.165, 1.54) is 0 Å². The lowest BCUT2D eigenvalue weighted by atomic mass is 10.2. The molecule has 3 N–H and O–H groups in total. The number of nitrogens with two attached hydrogens (primary N) is 1. The topological polar surface area (TPSA) is 73.1 Å². The van der Waals surface area contributed by atoms with Crippen molar-refractivity contribution in [1.82, 2.24) is 9.97 Å². The van der Waals surface area contributed by atoms with E-state index >= 15 is 0 Å². The normalized spacial score (nSPS) is 10.3. The van der Waals surface area contributed by atoms with Crippen LogP contribution in [0.2, 0.25) is 5.15 Å². The Kier molecular flexibility index (Phi) is 4.63. The number of halogens is 1. The molecule has 1 aromatic carbocycles. The summed E-state index contributed by atoms with van der Waals surface area (Å²) in [7, 11) is 0. The van der Waals surface area contributed by atoms with Crippen LogP contribution in [0.15, 0.2) is 24.3 Å². The van der Waals surface area contributed by atoms with Crippen LogP contribution in [0, 0.1) is 0 Å². The van der Waals surface area contributed by atoms with Crippen molar-refractivity contribution >= 4 is 29.1 Å². The van der Waals surface area contributed by atoms with Crippen LogP contribution in [0.1, 0.15) is 19.4 Å². The Morgan fingerprint density at radius 3 is 2.70 bits per heavy atom. The van der Waals surface area contributed by atoms with E-state index in [-0.39, 0.29) is 5.95 Å². The second kappa shape index (κ2) is 6.43. The van der Waals surface area contributed by atoms with Gasteiger partial charge in [0.15, 0.2) is 0 Å². The molecule has 0 atom stereocenters. The minimum Gasteiger partial charge on any atom is -0.492 e. The molecule has 2 aromatic rings. The van der Waals surface area contributed by atoms with E-state index in [1.807, 2.05) is 38.1 Å². The van der Waals surface area contributed by atoms with Crippen molar-refractivity contribution in [3.63, 3.8) is 0 Å². The molecule has 0 aliphatic carbocycles. The zero-order chi connectivity index (χ0) is 14.5. The summed E-state index contributed by atoms with van der Waals surface area (Å²) in [4.78, 5) is 8.18. The number of para-hydroxylation sites is 2. The molecule has 0 radical (unpaired) electrons. The van der Waals surface area contributed by atoms with Crippen LogP contribution in [-0.4, -0.2) is 16.6 Å². The smallest absolute Gasteiger partial charge is 0.223 e. The number of ether oxygens (including phenoxy) is 1. The first kappa shape index (κ1) is 14.4. The predicted molar refractivity (Wildman–Crippen MR) is 81.7 cm³/mol. The summed E-state index contributed by atoms with van der Waals surface area (Å²) >= 11 is 6.10. The maximum Gasteiger partial charge on any atom is 0.223 e. The maximum atomic E-state index is 6.10. The number of benzene rings is 1. The van der Waals surface area contributed by atoms with Crippen LogP contribution in [0.3, 0.4) is 0 Å². The molecule has 0 unspecified atom stereocenters. The summed E-state index contributed by atoms with van der Waals surface area (Å²) in [6, 6.07) is 7.64. The summed E-state index contributed by atoms with van der Waals surface area (Å²) in [5.74, 6) is 1.51. The Bertz CT molecular complexity index is 604. The standard InChI is InChI=1S/C14H17ClN4O/c1-3-9-12(15)18-14(16)19-13(9)17-10-7-5-6-8-11(10)20-4-2/h5-8H,3-4H2,1-2H3,(H3,16,17,18,19). The number of anilines is 3. The van der Waals surface area contributed by atoms with Gasteiger partial charge in [-0.3, -0.25) is 0 Å². The van der Waals surface area contributed by atoms with E-state index < -0.39 is 0 Å². The lowest BCUT2D eigenvalue weighted by molar-refractivity contribution is 0.342. The zero-order valence-corrected chi connectivity index (χ0v) is 12.2. The molecule has 1 aromatic heterocycles. The van der Waals surface area contributed by atoms with Gasteiger partial charge in [-0.2, -0.15) is 4.98 Å². The second-order valence-electron chi connectivity index (χ2n) is 4.11. The van der Waals surface area contributed by atoms with E-state index in [1.54, 1.807) is 0 Å². The van der Waals surface area contributed by atoms with Gasteiger partial charge in [-0.15, -0.1) is 0 Å². The van der Waals surface area contributed by atoms with Gasteiger partial charge in [0.2, 0.25) is 5.95 Å². The average molecular weight is 293 g/mol. The summed E-state index contributed by atoms with van der Waals surface area (Å²) in [5, 5.41) is 3.59. The Labute approximate surface area is 123 Å². The number of rotatable bonds is 5. The third-order valence-corrected chi connectivity index (χ3v) is 3.08. The van der Waals surface area contributed by atoms with Crippen molar-refractivity contribution < 1.29 is 4.74 Å². The first-order valence-corrected chi connectivity index (χ1v) is 6.84. The highest BCUT2D eigenvalue weighted by Crippen LogP contribution is 2.30. The van der Waals surface area contributed by atoms with Gasteiger partial charge in [0.25, 0.3) is 0 Å². The minimum atomic E-state index is 0.142. The number of aromatic nitrogens is 2. The molecule has 0 amide bonds. The van der Waals surface area contributed by atoms with Crippen molar-refractivity contribution in [1.29, 1.82) is 0 Å². The molecule has 0 saturated carbocycles. The van der Waals surface area contributed by atoms with Gasteiger partial charge >= 0.3 is 0 Å². The molecule has 2 rings (SSSR count). The average Bonchev–Trinajstić information content (AvgIpc) is 2.41. The van der Waals surface area contributed by atoms with Crippen molar-refractivity contribution in [3.8, 4) is 5.75 Å². The fourth-order valence-electron chi connectivity index (χ4n) is 1.87. The lowest BCUT2D eigenvalue weighted by Crippen LogP contribution is -2.06. The minimum absolute atomic E-state index is 0.142. The van der Waals surface area contributed by atoms with Crippen LogP contribution in [0.4, 0.5) is 17.5 Å². The summed E-state index contributed by atoms with van der Waals surface area (Å²) in [6.07, 6.45) is 0.707. The highest BCUT2D eigenvalue weighted by atomic mass is 35.5. The van der Waals surface area contributed by atoms with Crippen LogP contribution in [-0.2, 0) is 6.42 Å². The number of nitrogens with zero attached hydrogens (tertiary/aromatic N) is 2. The summed E-state index contributed by atoms with van der Waals surface area (Å²) in [6.45, 7) is 4.51. The van der Waals surface area contributed by atoms with Gasteiger partial charge in [0.05, 0.1) is 12.3 Å². The molecule has 0 spiro atoms. The summed E-state index contributed by atoms with van der Waals surface area (Å²) < 4.78 is 5.57. The van der Waals surface area contributed by atoms with Crippen molar-refractivity contribution in [2.45, 2.75) is 20.3 Å². The Balaban J connectivity index is 2.39. The summed E-state index contributed by atoms with van der Waals surface area (Å²) in [5.41, 5.74) is 7.30. The highest BCUT2D eigenvalue weighted by Gasteiger charge is 2.12. The predicted octanol–water partition coefficient (Wildman–Crippen LogP) is 3.42. The fraction of sp³-hybridized carbons (Fsp3) is 0.286. The molecular weight excluding hydrogens is 276 g/mol. The van der Waals surface area contributed by atoms with Gasteiger partial charge in [-0.05, 0) is 25.5 Å². The first-order valence-electron chi connectivity index (χ1n) is 6.46. The van der Waals surface area contributed by atoms with E-state index in [0.717, 1.165) is 17.0 Å². The highest BCUT2D eigenvalue weighted by molar-refractivity contribution is 6.30. The fourth-order valence-corrected chi connectivity index (χ4v) is 2.18. The van der Waals surface area contributed by atoms with Crippen LogP contribution < -0.4 is 15.8 Å². The van der Waals surface area contributed by atoms with Crippen molar-refractivity contribution in [2.75, 3.05) is 17.7 Å². The molecule has 20 heavy (non-hydrogen) atoms. The van der Waals surface area contributed by atoms with Crippen LogP contribution in [0.5, 0.6) is 5.75 Å². The number of hydrogen-bond acceptors (Lipinski definition) is 5. The zero-order valence-electron chi connectivity index (χ0n) is 11.5. The molecule has 0 aliphatic heterocycles. The van der Waals surface area contributed by atoms with Gasteiger partial charge < -0.3 is 15.8 Å². The number of nitrogen functional groups attached to an aromatic ring is 1. The van der Waals surface area contributed by atoms with Gasteiger partial charge in [-0.25, -0.2) is 4.98 Å². The third-order valence-electron chi connectivity index (χ3n) is 2.77. The molecule has 0 saturated heterocycles. The Hall–Kier alpha value is -2.01. The van der Waals surface area contributed by atoms with Gasteiger partial charge in [0, 0.05) is 5.56 Å². The van der Waals surface area contributed by atoms with Crippen LogP contribution in [0.25, 0.3) is 0 Å². The molecule has 5 nitrogen and oxygen atoms in total. The molecule has 0 fully saturated rings. The largest absolute Gasteiger partial charge is 0.492 e. The first-order chi connectivity index (χ1) is 9.65. The van der Waals surface area contributed by atoms with Crippen molar-refractivity contribution in [3.05, 3.63) is 35.0 Å². The van der Waals surface area contributed by atoms with E-state index in [2.05, 4.69) is 15.3 Å². The number of nitrogens with one attached hydrogen (secondary N) is 1. The molecule has 6 heteroatoms.